The van der Waals surface area contributed by atoms with Crippen LogP contribution in [0.2, 0.25) is 0 Å². The van der Waals surface area contributed by atoms with E-state index < -0.39 is 216 Å². The Morgan fingerprint density at radius 1 is 0.636 bits per heavy atom. The number of likely N-dealkylation sites (N-methyl/N-ethyl adjacent to an activating group) is 2. The molecule has 42 heteroatoms. The number of primary amides is 1. The maximum atomic E-state index is 14.9. The van der Waals surface area contributed by atoms with Crippen LogP contribution in [0.25, 0.3) is 0 Å². The first kappa shape index (κ1) is 110. The number of likely N-dealkylation sites (tertiary alicyclic amines) is 2. The number of benzene rings is 2. The predicted molar refractivity (Wildman–Crippen MR) is 476 cm³/mol. The van der Waals surface area contributed by atoms with Gasteiger partial charge in [0.1, 0.15) is 48.9 Å². The molecule has 736 valence electrons. The van der Waals surface area contributed by atoms with Crippen molar-refractivity contribution in [3.05, 3.63) is 65.7 Å². The number of anilines is 1. The summed E-state index contributed by atoms with van der Waals surface area (Å²) < 4.78 is 50.0. The first-order valence-electron chi connectivity index (χ1n) is 45.3. The first-order chi connectivity index (χ1) is 62.7. The number of cyclic esters (lactones) is 2. The molecule has 13 N–H and O–H groups in total. The van der Waals surface area contributed by atoms with E-state index in [9.17, 15) is 86.6 Å². The molecule has 6 rings (SSSR count). The van der Waals surface area contributed by atoms with Crippen LogP contribution in [0.5, 0.6) is 0 Å². The number of imide groups is 1. The van der Waals surface area contributed by atoms with Crippen LogP contribution >= 0.6 is 0 Å². The molecule has 0 aromatic heterocycles. The number of urea groups is 1. The minimum atomic E-state index is -1.61. The average molecular weight is 1860 g/mol. The van der Waals surface area contributed by atoms with Crippen molar-refractivity contribution < 1.29 is 129 Å². The summed E-state index contributed by atoms with van der Waals surface area (Å²) in [6.07, 6.45) is -3.38. The molecule has 4 fully saturated rings. The number of carbonyl (C=O) groups is 17. The lowest BCUT2D eigenvalue weighted by Gasteiger charge is -2.41. The third kappa shape index (κ3) is 33.9. The molecule has 132 heavy (non-hydrogen) atoms. The van der Waals surface area contributed by atoms with Gasteiger partial charge in [-0.1, -0.05) is 118 Å². The van der Waals surface area contributed by atoms with Crippen molar-refractivity contribution >= 4 is 107 Å². The smallest absolute Gasteiger partial charge is 0.410 e. The van der Waals surface area contributed by atoms with Gasteiger partial charge in [0.25, 0.3) is 5.91 Å². The molecule has 0 bridgehead atoms. The number of aliphatic hydroxyl groups is 1. The molecule has 4 aliphatic rings. The average Bonchev–Trinajstić information content (AvgIpc) is 1.53. The number of carbonyl (C=O) groups excluding carboxylic acids is 17. The molecule has 4 heterocycles. The summed E-state index contributed by atoms with van der Waals surface area (Å²) >= 11 is 0. The van der Waals surface area contributed by atoms with Crippen molar-refractivity contribution in [2.24, 2.45) is 41.2 Å². The third-order valence-corrected chi connectivity index (χ3v) is 23.6. The molecular weight excluding hydrogens is 1720 g/mol. The van der Waals surface area contributed by atoms with Crippen LogP contribution in [0.15, 0.2) is 54.6 Å². The number of nitrogens with two attached hydrogens (primary N) is 1. The summed E-state index contributed by atoms with van der Waals surface area (Å²) in [7, 11) is 5.99. The molecule has 2 aromatic rings. The van der Waals surface area contributed by atoms with Gasteiger partial charge in [-0.2, -0.15) is 0 Å². The molecule has 0 aliphatic carbocycles. The SMILES string of the molecule is CC[C@H](C)[C@@H]([C@@H](CC(=O)N1CCC[C@H]1[C@H](OC)[C@@H](C)C(=O)N[C@H](C)[C@@H](O)c1ccccc1)OC)N(C)C(=O)[C@@H](NC(=O)[C@H](C(C)C)N(C)C(=O)OCc1ccc(NC(=O)[C@H](CCCNC(N)=O)NC(=O)[C@@H](NC(=O)[C@H](CC(=O)N[C@H]2CCOC2=O)NC(=O)CCOCCOCCOCCOCCNC(=O)[C@H](CNC(=O)[C@@H]2CCC(=O)O2)N2C(=O)CC(C)C2=O)C(C)C)cc1)C(C)C. The minimum absolute atomic E-state index is 0.00181. The molecule has 0 spiro atoms. The van der Waals surface area contributed by atoms with Crippen molar-refractivity contribution in [2.75, 3.05) is 119 Å². The molecule has 0 saturated carbocycles. The van der Waals surface area contributed by atoms with Crippen LogP contribution in [0, 0.1) is 35.5 Å². The highest BCUT2D eigenvalue weighted by molar-refractivity contribution is 6.07. The Balaban J connectivity index is 0.977. The number of methoxy groups -OCH3 is 2. The fourth-order valence-corrected chi connectivity index (χ4v) is 16.0. The lowest BCUT2D eigenvalue weighted by atomic mass is 9.89. The monoisotopic (exact) mass is 1860 g/mol. The zero-order chi connectivity index (χ0) is 97.6. The van der Waals surface area contributed by atoms with Crippen LogP contribution in [0.1, 0.15) is 170 Å². The van der Waals surface area contributed by atoms with Gasteiger partial charge in [0, 0.05) is 98.2 Å². The van der Waals surface area contributed by atoms with Gasteiger partial charge in [-0.3, -0.25) is 76.9 Å². The Morgan fingerprint density at radius 3 is 1.84 bits per heavy atom. The number of hydrogen-bond acceptors (Lipinski definition) is 27. The Labute approximate surface area is 770 Å². The summed E-state index contributed by atoms with van der Waals surface area (Å²) in [5.74, 6) is -12.7. The van der Waals surface area contributed by atoms with Crippen molar-refractivity contribution in [2.45, 2.75) is 245 Å². The molecule has 16 amide bonds. The van der Waals surface area contributed by atoms with Gasteiger partial charge in [0.05, 0.1) is 115 Å². The highest BCUT2D eigenvalue weighted by atomic mass is 16.6. The second-order valence-corrected chi connectivity index (χ2v) is 34.6. The van der Waals surface area contributed by atoms with Crippen molar-refractivity contribution in [3.8, 4) is 0 Å². The summed E-state index contributed by atoms with van der Waals surface area (Å²) in [6.45, 7) is 19.4. The quantitative estimate of drug-likeness (QED) is 0.0191. The lowest BCUT2D eigenvalue weighted by Crippen LogP contribution is -2.60. The highest BCUT2D eigenvalue weighted by Crippen LogP contribution is 2.32. The zero-order valence-corrected chi connectivity index (χ0v) is 78.6. The van der Waals surface area contributed by atoms with E-state index in [2.05, 4.69) is 53.2 Å². The molecule has 42 nitrogen and oxygen atoms in total. The third-order valence-electron chi connectivity index (χ3n) is 23.6. The van der Waals surface area contributed by atoms with Crippen molar-refractivity contribution in [3.63, 3.8) is 0 Å². The fourth-order valence-electron chi connectivity index (χ4n) is 16.0. The number of hydrogen-bond donors (Lipinski definition) is 12. The Hall–Kier alpha value is -11.0. The Morgan fingerprint density at radius 2 is 1.27 bits per heavy atom. The Bertz CT molecular complexity index is 4180. The Kier molecular flexibility index (Phi) is 46.1. The topological polar surface area (TPSA) is 553 Å². The van der Waals surface area contributed by atoms with E-state index in [1.54, 1.807) is 111 Å². The van der Waals surface area contributed by atoms with Gasteiger partial charge < -0.3 is 116 Å². The van der Waals surface area contributed by atoms with Crippen LogP contribution in [-0.4, -0.2) is 318 Å². The minimum Gasteiger partial charge on any atom is -0.464 e. The van der Waals surface area contributed by atoms with Gasteiger partial charge in [0.2, 0.25) is 70.9 Å². The maximum absolute atomic E-state index is 14.9. The molecule has 4 saturated heterocycles. The van der Waals surface area contributed by atoms with E-state index in [4.69, 9.17) is 48.4 Å². The van der Waals surface area contributed by atoms with Gasteiger partial charge >= 0.3 is 24.1 Å². The number of nitrogens with zero attached hydrogens (tertiary/aromatic N) is 4. The van der Waals surface area contributed by atoms with Crippen LogP contribution in [-0.2, 0) is 121 Å². The maximum Gasteiger partial charge on any atom is 0.410 e. The number of ether oxygens (including phenoxy) is 9. The van der Waals surface area contributed by atoms with Gasteiger partial charge in [-0.25, -0.2) is 14.4 Å². The van der Waals surface area contributed by atoms with Crippen molar-refractivity contribution in [1.29, 1.82) is 0 Å². The molecular formula is C90H139N15O27. The van der Waals surface area contributed by atoms with Crippen LogP contribution in [0.3, 0.4) is 0 Å². The van der Waals surface area contributed by atoms with E-state index in [1.165, 1.54) is 38.3 Å². The van der Waals surface area contributed by atoms with Crippen LogP contribution in [0.4, 0.5) is 15.3 Å². The second-order valence-electron chi connectivity index (χ2n) is 34.6. The van der Waals surface area contributed by atoms with E-state index >= 15 is 0 Å². The van der Waals surface area contributed by atoms with E-state index in [0.29, 0.717) is 36.9 Å². The summed E-state index contributed by atoms with van der Waals surface area (Å²) in [4.78, 5) is 234. The van der Waals surface area contributed by atoms with Crippen LogP contribution < -0.4 is 58.9 Å². The summed E-state index contributed by atoms with van der Waals surface area (Å²) in [5.41, 5.74) is 6.65. The number of rotatable bonds is 57. The van der Waals surface area contributed by atoms with E-state index in [0.717, 1.165) is 9.80 Å². The normalized spacial score (nSPS) is 19.0. The number of esters is 2. The van der Waals surface area contributed by atoms with E-state index in [-0.39, 0.29) is 154 Å². The molecule has 4 aliphatic heterocycles. The fraction of sp³-hybridized carbons (Fsp3) is 0.678. The zero-order valence-electron chi connectivity index (χ0n) is 78.6. The second kappa shape index (κ2) is 55.4. The largest absolute Gasteiger partial charge is 0.464 e. The van der Waals surface area contributed by atoms with Gasteiger partial charge in [0.15, 0.2) is 6.10 Å². The number of nitrogens with one attached hydrogen (secondary N) is 10. The summed E-state index contributed by atoms with van der Waals surface area (Å²) in [5, 5.41) is 37.5. The van der Waals surface area contributed by atoms with Gasteiger partial charge in [-0.05, 0) is 79.5 Å². The molecule has 0 radical (unpaired) electrons. The summed E-state index contributed by atoms with van der Waals surface area (Å²) in [6, 6.07) is 3.56. The number of amides is 16. The standard InChI is InChI=1S/C90H139N15O27/c1-16-54(8)76(67(124-14)48-70(108)104-36-21-25-64(104)78(125-15)56(10)79(112)95-57(11)77(111)59-22-18-17-19-23-59)102(12)87(120)74(52(4)5)101-85(118)75(53(6)7)103(13)90(123)131-50-58-26-28-60(29-27-58)96-80(113)61(24-20-34-93-89(91)122)99-84(117)73(51(2)3)100-81(114)63(47-69(107)97-62-32-38-130-88(62)121)98-68(106)33-37-126-40-42-128-44-45-129-43-41-127-39-35-92-82(115)65(105-71(109)46-55(9)86(105)119)49-94-83(116)66-30-31-72(110)132-66/h17-19,22-23,26-29,51-57,61-67,73-78,111H,16,20-21,24-25,30-50H2,1-15H3,(H,92,115)(H,94,116)(H,95,112)(H,96,113)(H,97,107)(H,98,106)(H,99,117)(H,100,114)(H,101,118)(H3,91,93,122)/t54-,55?,56+,57+,61-,62-,63-,64-,65-,66-,67+,73-,74-,75-,76-,77+,78+/m0/s1. The van der Waals surface area contributed by atoms with E-state index in [1.807, 2.05) is 19.9 Å². The number of aliphatic hydroxyl groups excluding tert-OH is 1. The van der Waals surface area contributed by atoms with Crippen molar-refractivity contribution in [1.82, 2.24) is 67.5 Å². The van der Waals surface area contributed by atoms with Gasteiger partial charge in [-0.15, -0.1) is 0 Å². The first-order valence-corrected chi connectivity index (χ1v) is 45.3. The lowest BCUT2D eigenvalue weighted by molar-refractivity contribution is -0.149. The molecule has 17 atom stereocenters. The molecule has 1 unspecified atom stereocenters. The highest BCUT2D eigenvalue weighted by Gasteiger charge is 2.47. The predicted octanol–water partition coefficient (Wildman–Crippen LogP) is 1.06. The molecule has 2 aromatic carbocycles.